The molecule has 24 heavy (non-hydrogen) atoms. The molecule has 0 unspecified atom stereocenters. The molecule has 1 spiro atoms. The number of hydrogen-bond donors (Lipinski definition) is 0. The van der Waals surface area contributed by atoms with Gasteiger partial charge in [-0.25, -0.2) is 0 Å². The van der Waals surface area contributed by atoms with Gasteiger partial charge in [-0.1, -0.05) is 85.5 Å². The fourth-order valence-electron chi connectivity index (χ4n) is 4.80. The average molecular weight is 306 g/mol. The first-order valence-corrected chi connectivity index (χ1v) is 8.45. The second-order valence-electron chi connectivity index (χ2n) is 6.57. The topological polar surface area (TPSA) is 0 Å². The third-order valence-corrected chi connectivity index (χ3v) is 5.63. The monoisotopic (exact) mass is 306 g/mol. The smallest absolute Gasteiger partial charge is 0.0722 e. The van der Waals surface area contributed by atoms with Gasteiger partial charge in [-0.05, 0) is 51.5 Å². The van der Waals surface area contributed by atoms with Gasteiger partial charge >= 0.3 is 0 Å². The van der Waals surface area contributed by atoms with E-state index >= 15 is 0 Å². The van der Waals surface area contributed by atoms with E-state index in [2.05, 4.69) is 92.4 Å². The highest BCUT2D eigenvalue weighted by Gasteiger charge is 2.52. The number of benzene rings is 3. The minimum Gasteiger partial charge on any atom is -0.0908 e. The molecule has 0 nitrogen and oxygen atoms in total. The first-order valence-electron chi connectivity index (χ1n) is 8.45. The van der Waals surface area contributed by atoms with Crippen LogP contribution in [0.2, 0.25) is 0 Å². The molecule has 0 saturated carbocycles. The Morgan fingerprint density at radius 2 is 1.08 bits per heavy atom. The minimum absolute atomic E-state index is 0.213. The Balaban J connectivity index is 2.03. The Bertz CT molecular complexity index is 988. The number of rotatable bonds is 0. The third-order valence-electron chi connectivity index (χ3n) is 5.63. The molecule has 2 aliphatic rings. The first-order chi connectivity index (χ1) is 11.8. The molecule has 0 amide bonds. The minimum atomic E-state index is -0.213. The van der Waals surface area contributed by atoms with Crippen LogP contribution < -0.4 is 0 Å². The largest absolute Gasteiger partial charge is 0.0908 e. The lowest BCUT2D eigenvalue weighted by atomic mass is 9.70. The van der Waals surface area contributed by atoms with Gasteiger partial charge in [-0.3, -0.25) is 0 Å². The van der Waals surface area contributed by atoms with Gasteiger partial charge in [-0.15, -0.1) is 0 Å². The van der Waals surface area contributed by atoms with E-state index in [0.29, 0.717) is 0 Å². The normalized spacial score (nSPS) is 17.9. The molecule has 0 fully saturated rings. The van der Waals surface area contributed by atoms with E-state index in [0.717, 1.165) is 5.57 Å². The van der Waals surface area contributed by atoms with Gasteiger partial charge in [0.1, 0.15) is 0 Å². The van der Waals surface area contributed by atoms with E-state index < -0.39 is 0 Å². The van der Waals surface area contributed by atoms with Crippen LogP contribution in [-0.4, -0.2) is 0 Å². The van der Waals surface area contributed by atoms with Crippen LogP contribution in [-0.2, 0) is 5.41 Å². The maximum Gasteiger partial charge on any atom is 0.0722 e. The third kappa shape index (κ3) is 1.36. The molecular formula is C24H18. The van der Waals surface area contributed by atoms with Crippen molar-refractivity contribution < 1.29 is 0 Å². The Labute approximate surface area is 142 Å². The summed E-state index contributed by atoms with van der Waals surface area (Å²) >= 11 is 0. The Morgan fingerprint density at radius 1 is 0.667 bits per heavy atom. The van der Waals surface area contributed by atoms with Crippen LogP contribution in [0.4, 0.5) is 0 Å². The van der Waals surface area contributed by atoms with Crippen molar-refractivity contribution in [3.63, 3.8) is 0 Å². The van der Waals surface area contributed by atoms with Gasteiger partial charge in [0.15, 0.2) is 0 Å². The Hall–Kier alpha value is -2.86. The molecule has 0 atom stereocenters. The highest BCUT2D eigenvalue weighted by Crippen LogP contribution is 2.62. The van der Waals surface area contributed by atoms with Crippen LogP contribution in [0.5, 0.6) is 0 Å². The number of hydrogen-bond acceptors (Lipinski definition) is 0. The van der Waals surface area contributed by atoms with Crippen molar-refractivity contribution in [1.29, 1.82) is 0 Å². The molecule has 114 valence electrons. The summed E-state index contributed by atoms with van der Waals surface area (Å²) in [5.41, 5.74) is 10.3. The lowest BCUT2D eigenvalue weighted by Gasteiger charge is -2.30. The predicted molar refractivity (Wildman–Crippen MR) is 101 cm³/mol. The summed E-state index contributed by atoms with van der Waals surface area (Å²) in [5.74, 6) is 0. The summed E-state index contributed by atoms with van der Waals surface area (Å²) < 4.78 is 0. The number of allylic oxidation sites excluding steroid dienone is 3. The summed E-state index contributed by atoms with van der Waals surface area (Å²) in [6.45, 7) is 6.58. The van der Waals surface area contributed by atoms with Crippen LogP contribution in [0.1, 0.15) is 29.2 Å². The van der Waals surface area contributed by atoms with Crippen LogP contribution in [0.25, 0.3) is 16.7 Å². The standard InChI is InChI=1S/C24H18/c1-3-20-16(2)17-10-4-7-13-21(17)24(20)22-14-8-5-11-18(22)19-12-6-9-15-23(19)24/h3-15H,2H2,1H3/b20-3+. The molecular weight excluding hydrogens is 288 g/mol. The fourth-order valence-corrected chi connectivity index (χ4v) is 4.80. The molecule has 0 aliphatic heterocycles. The van der Waals surface area contributed by atoms with E-state index in [4.69, 9.17) is 0 Å². The maximum atomic E-state index is 4.44. The average Bonchev–Trinajstić information content (AvgIpc) is 3.08. The van der Waals surface area contributed by atoms with E-state index in [-0.39, 0.29) is 5.41 Å². The summed E-state index contributed by atoms with van der Waals surface area (Å²) in [6, 6.07) is 26.4. The fraction of sp³-hybridized carbons (Fsp3) is 0.0833. The van der Waals surface area contributed by atoms with Gasteiger partial charge in [0, 0.05) is 0 Å². The Kier molecular flexibility index (Phi) is 2.59. The zero-order valence-corrected chi connectivity index (χ0v) is 13.7. The Morgan fingerprint density at radius 3 is 1.58 bits per heavy atom. The SMILES string of the molecule is C=C1/C(=C\C)C2(c3ccccc31)c1ccccc1-c1ccccc12. The number of fused-ring (bicyclic) bond motifs is 7. The lowest BCUT2D eigenvalue weighted by molar-refractivity contribution is 0.793. The zero-order chi connectivity index (χ0) is 16.3. The molecule has 3 aromatic rings. The van der Waals surface area contributed by atoms with Crippen molar-refractivity contribution >= 4 is 5.57 Å². The van der Waals surface area contributed by atoms with Gasteiger partial charge < -0.3 is 0 Å². The van der Waals surface area contributed by atoms with Crippen LogP contribution in [0, 0.1) is 0 Å². The van der Waals surface area contributed by atoms with Gasteiger partial charge in [0.05, 0.1) is 5.41 Å². The predicted octanol–water partition coefficient (Wildman–Crippen LogP) is 5.97. The molecule has 0 radical (unpaired) electrons. The van der Waals surface area contributed by atoms with Crippen molar-refractivity contribution in [1.82, 2.24) is 0 Å². The van der Waals surface area contributed by atoms with Gasteiger partial charge in [0.2, 0.25) is 0 Å². The molecule has 0 heteroatoms. The van der Waals surface area contributed by atoms with Crippen LogP contribution in [0.15, 0.2) is 91.0 Å². The first kappa shape index (κ1) is 13.6. The summed E-state index contributed by atoms with van der Waals surface area (Å²) in [6.07, 6.45) is 2.25. The van der Waals surface area contributed by atoms with E-state index in [1.807, 2.05) is 0 Å². The lowest BCUT2D eigenvalue weighted by Crippen LogP contribution is -2.25. The summed E-state index contributed by atoms with van der Waals surface area (Å²) in [4.78, 5) is 0. The molecule has 0 heterocycles. The van der Waals surface area contributed by atoms with E-state index in [1.165, 1.54) is 39.0 Å². The maximum absolute atomic E-state index is 4.44. The van der Waals surface area contributed by atoms with Crippen molar-refractivity contribution in [2.24, 2.45) is 0 Å². The van der Waals surface area contributed by atoms with Crippen molar-refractivity contribution in [3.8, 4) is 11.1 Å². The van der Waals surface area contributed by atoms with Crippen LogP contribution in [0.3, 0.4) is 0 Å². The van der Waals surface area contributed by atoms with Gasteiger partial charge in [0.25, 0.3) is 0 Å². The van der Waals surface area contributed by atoms with Crippen molar-refractivity contribution in [2.75, 3.05) is 0 Å². The highest BCUT2D eigenvalue weighted by atomic mass is 14.5. The van der Waals surface area contributed by atoms with E-state index in [9.17, 15) is 0 Å². The molecule has 5 rings (SSSR count). The molecule has 2 aliphatic carbocycles. The highest BCUT2D eigenvalue weighted by molar-refractivity contribution is 5.99. The summed E-state index contributed by atoms with van der Waals surface area (Å²) in [5, 5.41) is 0. The summed E-state index contributed by atoms with van der Waals surface area (Å²) in [7, 11) is 0. The molecule has 0 bridgehead atoms. The molecule has 0 aromatic heterocycles. The van der Waals surface area contributed by atoms with E-state index in [1.54, 1.807) is 0 Å². The molecule has 3 aromatic carbocycles. The quantitative estimate of drug-likeness (QED) is 0.479. The van der Waals surface area contributed by atoms with Crippen LogP contribution >= 0.6 is 0 Å². The van der Waals surface area contributed by atoms with Crippen molar-refractivity contribution in [2.45, 2.75) is 12.3 Å². The molecule has 0 saturated heterocycles. The second kappa shape index (κ2) is 4.58. The second-order valence-corrected chi connectivity index (χ2v) is 6.57. The molecule has 0 N–H and O–H groups in total. The zero-order valence-electron chi connectivity index (χ0n) is 13.7. The van der Waals surface area contributed by atoms with Gasteiger partial charge in [-0.2, -0.15) is 0 Å². The van der Waals surface area contributed by atoms with Crippen molar-refractivity contribution in [3.05, 3.63) is 113 Å².